The highest BCUT2D eigenvalue weighted by molar-refractivity contribution is 5.94. The lowest BCUT2D eigenvalue weighted by atomic mass is 10.1. The van der Waals surface area contributed by atoms with E-state index in [0.717, 1.165) is 5.69 Å². The number of rotatable bonds is 5. The van der Waals surface area contributed by atoms with Crippen LogP contribution in [-0.2, 0) is 0 Å². The van der Waals surface area contributed by atoms with Crippen molar-refractivity contribution in [2.45, 2.75) is 25.9 Å². The standard InChI is InChI=1S/C19H22N2O4/c1-12(2)15-9-8-14(18(22)20-15)19(23)21-10-13(11-21)25-17-7-5-4-6-16(17)24-3/h4-9,12-13H,10-11H2,1-3H3,(H,20,22). The Bertz CT molecular complexity index is 822. The van der Waals surface area contributed by atoms with Crippen LogP contribution in [0.5, 0.6) is 11.5 Å². The quantitative estimate of drug-likeness (QED) is 0.906. The van der Waals surface area contributed by atoms with Gasteiger partial charge >= 0.3 is 0 Å². The minimum Gasteiger partial charge on any atom is -0.493 e. The summed E-state index contributed by atoms with van der Waals surface area (Å²) in [5.41, 5.74) is 0.646. The Morgan fingerprint density at radius 1 is 1.16 bits per heavy atom. The maximum Gasteiger partial charge on any atom is 0.261 e. The molecule has 132 valence electrons. The fourth-order valence-electron chi connectivity index (χ4n) is 2.74. The Morgan fingerprint density at radius 2 is 1.84 bits per heavy atom. The van der Waals surface area contributed by atoms with Gasteiger partial charge < -0.3 is 19.4 Å². The van der Waals surface area contributed by atoms with Crippen molar-refractivity contribution in [3.8, 4) is 11.5 Å². The predicted molar refractivity (Wildman–Crippen MR) is 94.5 cm³/mol. The summed E-state index contributed by atoms with van der Waals surface area (Å²) in [5, 5.41) is 0. The number of pyridine rings is 1. The van der Waals surface area contributed by atoms with Gasteiger partial charge in [0.25, 0.3) is 11.5 Å². The molecule has 2 aromatic rings. The smallest absolute Gasteiger partial charge is 0.261 e. The first-order valence-corrected chi connectivity index (χ1v) is 8.31. The molecule has 1 saturated heterocycles. The molecule has 6 nitrogen and oxygen atoms in total. The molecule has 0 atom stereocenters. The zero-order valence-electron chi connectivity index (χ0n) is 14.6. The molecule has 25 heavy (non-hydrogen) atoms. The Labute approximate surface area is 146 Å². The number of hydrogen-bond acceptors (Lipinski definition) is 4. The zero-order valence-corrected chi connectivity index (χ0v) is 14.6. The number of methoxy groups -OCH3 is 1. The van der Waals surface area contributed by atoms with E-state index in [1.165, 1.54) is 0 Å². The van der Waals surface area contributed by atoms with Crippen molar-refractivity contribution in [2.24, 2.45) is 0 Å². The molecule has 1 aliphatic rings. The molecule has 0 radical (unpaired) electrons. The van der Waals surface area contributed by atoms with Crippen LogP contribution in [-0.4, -0.2) is 42.1 Å². The van der Waals surface area contributed by atoms with Crippen LogP contribution < -0.4 is 15.0 Å². The second-order valence-electron chi connectivity index (χ2n) is 6.41. The maximum atomic E-state index is 12.5. The largest absolute Gasteiger partial charge is 0.493 e. The number of nitrogens with zero attached hydrogens (tertiary/aromatic N) is 1. The summed E-state index contributed by atoms with van der Waals surface area (Å²) in [6.07, 6.45) is -0.103. The van der Waals surface area contributed by atoms with E-state index in [2.05, 4.69) is 4.98 Å². The predicted octanol–water partition coefficient (Wildman–Crippen LogP) is 2.41. The molecule has 1 aromatic carbocycles. The molecule has 0 spiro atoms. The maximum absolute atomic E-state index is 12.5. The second kappa shape index (κ2) is 7.01. The van der Waals surface area contributed by atoms with Gasteiger partial charge in [0, 0.05) is 5.69 Å². The number of likely N-dealkylation sites (tertiary alicyclic amines) is 1. The molecule has 1 aliphatic heterocycles. The Kier molecular flexibility index (Phi) is 4.79. The molecule has 1 amide bonds. The van der Waals surface area contributed by atoms with Crippen LogP contribution in [0.1, 0.15) is 35.8 Å². The van der Waals surface area contributed by atoms with Gasteiger partial charge in [-0.3, -0.25) is 9.59 Å². The van der Waals surface area contributed by atoms with E-state index in [1.54, 1.807) is 24.1 Å². The van der Waals surface area contributed by atoms with E-state index in [0.29, 0.717) is 24.6 Å². The molecule has 0 bridgehead atoms. The monoisotopic (exact) mass is 342 g/mol. The lowest BCUT2D eigenvalue weighted by molar-refractivity contribution is 0.0167. The third kappa shape index (κ3) is 3.52. The molecular formula is C19H22N2O4. The van der Waals surface area contributed by atoms with E-state index in [9.17, 15) is 9.59 Å². The van der Waals surface area contributed by atoms with E-state index in [1.807, 2.05) is 38.1 Å². The van der Waals surface area contributed by atoms with Crippen LogP contribution in [0.25, 0.3) is 0 Å². The third-order valence-electron chi connectivity index (χ3n) is 4.28. The Balaban J connectivity index is 1.63. The van der Waals surface area contributed by atoms with Crippen molar-refractivity contribution in [1.82, 2.24) is 9.88 Å². The van der Waals surface area contributed by atoms with Crippen molar-refractivity contribution in [3.05, 3.63) is 58.0 Å². The van der Waals surface area contributed by atoms with Gasteiger partial charge in [0.2, 0.25) is 0 Å². The average molecular weight is 342 g/mol. The highest BCUT2D eigenvalue weighted by atomic mass is 16.5. The number of para-hydroxylation sites is 2. The van der Waals surface area contributed by atoms with E-state index >= 15 is 0 Å². The molecule has 0 unspecified atom stereocenters. The van der Waals surface area contributed by atoms with Gasteiger partial charge in [-0.1, -0.05) is 26.0 Å². The minimum atomic E-state index is -0.342. The number of amides is 1. The van der Waals surface area contributed by atoms with Crippen molar-refractivity contribution in [1.29, 1.82) is 0 Å². The number of nitrogens with one attached hydrogen (secondary N) is 1. The third-order valence-corrected chi connectivity index (χ3v) is 4.28. The molecule has 0 saturated carbocycles. The molecule has 0 aliphatic carbocycles. The highest BCUT2D eigenvalue weighted by Crippen LogP contribution is 2.28. The summed E-state index contributed by atoms with van der Waals surface area (Å²) in [4.78, 5) is 29.0. The first-order chi connectivity index (χ1) is 12.0. The summed E-state index contributed by atoms with van der Waals surface area (Å²) in [6.45, 7) is 4.87. The lowest BCUT2D eigenvalue weighted by Gasteiger charge is -2.39. The van der Waals surface area contributed by atoms with Gasteiger partial charge in [0.05, 0.1) is 20.2 Å². The first-order valence-electron chi connectivity index (χ1n) is 8.31. The average Bonchev–Trinajstić information content (AvgIpc) is 2.57. The van der Waals surface area contributed by atoms with Gasteiger partial charge in [-0.05, 0) is 30.2 Å². The zero-order chi connectivity index (χ0) is 18.0. The number of aromatic nitrogens is 1. The molecule has 6 heteroatoms. The van der Waals surface area contributed by atoms with E-state index in [4.69, 9.17) is 9.47 Å². The van der Waals surface area contributed by atoms with Crippen LogP contribution in [0.15, 0.2) is 41.2 Å². The topological polar surface area (TPSA) is 71.6 Å². The van der Waals surface area contributed by atoms with Crippen molar-refractivity contribution >= 4 is 5.91 Å². The summed E-state index contributed by atoms with van der Waals surface area (Å²) in [6, 6.07) is 10.8. The lowest BCUT2D eigenvalue weighted by Crippen LogP contribution is -2.56. The molecule has 1 aromatic heterocycles. The molecule has 1 fully saturated rings. The van der Waals surface area contributed by atoms with E-state index in [-0.39, 0.29) is 29.1 Å². The van der Waals surface area contributed by atoms with E-state index < -0.39 is 0 Å². The summed E-state index contributed by atoms with van der Waals surface area (Å²) in [7, 11) is 1.59. The number of H-pyrrole nitrogens is 1. The van der Waals surface area contributed by atoms with Crippen molar-refractivity contribution in [3.63, 3.8) is 0 Å². The van der Waals surface area contributed by atoms with Crippen LogP contribution >= 0.6 is 0 Å². The molecule has 1 N–H and O–H groups in total. The first kappa shape index (κ1) is 17.1. The summed E-state index contributed by atoms with van der Waals surface area (Å²) < 4.78 is 11.1. The second-order valence-corrected chi connectivity index (χ2v) is 6.41. The SMILES string of the molecule is COc1ccccc1OC1CN(C(=O)c2ccc(C(C)C)[nH]c2=O)C1. The Morgan fingerprint density at radius 3 is 2.44 bits per heavy atom. The number of carbonyl (C=O) groups is 1. The minimum absolute atomic E-state index is 0.103. The van der Waals surface area contributed by atoms with Crippen molar-refractivity contribution < 1.29 is 14.3 Å². The van der Waals surface area contributed by atoms with Crippen LogP contribution in [0.2, 0.25) is 0 Å². The number of ether oxygens (including phenoxy) is 2. The summed E-state index contributed by atoms with van der Waals surface area (Å²) in [5.74, 6) is 1.25. The van der Waals surface area contributed by atoms with Gasteiger partial charge in [-0.25, -0.2) is 0 Å². The Hall–Kier alpha value is -2.76. The number of aromatic amines is 1. The number of benzene rings is 1. The fourth-order valence-corrected chi connectivity index (χ4v) is 2.74. The summed E-state index contributed by atoms with van der Waals surface area (Å²) >= 11 is 0. The fraction of sp³-hybridized carbons (Fsp3) is 0.368. The van der Waals surface area contributed by atoms with Gasteiger partial charge in [0.15, 0.2) is 11.5 Å². The van der Waals surface area contributed by atoms with Crippen LogP contribution in [0.4, 0.5) is 0 Å². The van der Waals surface area contributed by atoms with Gasteiger partial charge in [-0.15, -0.1) is 0 Å². The van der Waals surface area contributed by atoms with Gasteiger partial charge in [-0.2, -0.15) is 0 Å². The number of carbonyl (C=O) groups excluding carboxylic acids is 1. The normalized spacial score (nSPS) is 14.3. The van der Waals surface area contributed by atoms with Crippen molar-refractivity contribution in [2.75, 3.05) is 20.2 Å². The number of hydrogen-bond donors (Lipinski definition) is 1. The molecule has 2 heterocycles. The van der Waals surface area contributed by atoms with Crippen LogP contribution in [0.3, 0.4) is 0 Å². The highest BCUT2D eigenvalue weighted by Gasteiger charge is 2.34. The molecular weight excluding hydrogens is 320 g/mol. The van der Waals surface area contributed by atoms with Crippen LogP contribution in [0, 0.1) is 0 Å². The van der Waals surface area contributed by atoms with Gasteiger partial charge in [0.1, 0.15) is 11.7 Å². The molecule has 3 rings (SSSR count).